The second kappa shape index (κ2) is 9.02. The molecule has 0 aliphatic rings. The van der Waals surface area contributed by atoms with Crippen molar-refractivity contribution < 1.29 is 49.1 Å². The number of hydrogen-bond donors (Lipinski definition) is 4. The molecule has 0 radical (unpaired) electrons. The van der Waals surface area contributed by atoms with Gasteiger partial charge in [-0.25, -0.2) is 19.2 Å². The van der Waals surface area contributed by atoms with Gasteiger partial charge in [-0.05, 0) is 60.7 Å². The highest BCUT2D eigenvalue weighted by atomic mass is 16.5. The minimum Gasteiger partial charge on any atom is -0.478 e. The van der Waals surface area contributed by atoms with Crippen LogP contribution in [0.4, 0.5) is 0 Å². The van der Waals surface area contributed by atoms with Gasteiger partial charge in [0.2, 0.25) is 0 Å². The van der Waals surface area contributed by atoms with E-state index in [0.29, 0.717) is 0 Å². The number of rotatable bonds is 8. The Morgan fingerprint density at radius 2 is 0.970 bits per heavy atom. The third-order valence-electron chi connectivity index (χ3n) is 4.55. The lowest BCUT2D eigenvalue weighted by atomic mass is 9.96. The summed E-state index contributed by atoms with van der Waals surface area (Å²) >= 11 is 0. The van der Waals surface area contributed by atoms with Gasteiger partial charge < -0.3 is 25.2 Å². The highest BCUT2D eigenvalue weighted by Crippen LogP contribution is 2.26. The summed E-state index contributed by atoms with van der Waals surface area (Å²) in [5, 5.41) is 36.6. The van der Waals surface area contributed by atoms with Crippen LogP contribution in [-0.4, -0.2) is 50.1 Å². The molecule has 0 unspecified atom stereocenters. The van der Waals surface area contributed by atoms with E-state index in [0.717, 1.165) is 30.3 Å². The summed E-state index contributed by atoms with van der Waals surface area (Å²) in [6.45, 7) is 0. The van der Waals surface area contributed by atoms with Crippen LogP contribution in [0.25, 0.3) is 0 Å². The van der Waals surface area contributed by atoms with E-state index < -0.39 is 46.4 Å². The fourth-order valence-electron chi connectivity index (χ4n) is 2.97. The van der Waals surface area contributed by atoms with Crippen molar-refractivity contribution in [3.05, 3.63) is 94.0 Å². The van der Waals surface area contributed by atoms with Crippen molar-refractivity contribution in [1.29, 1.82) is 0 Å². The van der Waals surface area contributed by atoms with E-state index in [1.54, 1.807) is 0 Å². The predicted molar refractivity (Wildman–Crippen MR) is 111 cm³/mol. The quantitative estimate of drug-likeness (QED) is 0.372. The zero-order chi connectivity index (χ0) is 24.3. The lowest BCUT2D eigenvalue weighted by molar-refractivity contribution is 0.0651. The molecule has 0 bridgehead atoms. The van der Waals surface area contributed by atoms with Crippen molar-refractivity contribution >= 4 is 29.7 Å². The Morgan fingerprint density at radius 1 is 0.485 bits per heavy atom. The maximum Gasteiger partial charge on any atom is 0.336 e. The van der Waals surface area contributed by atoms with Crippen LogP contribution in [0, 0.1) is 0 Å². The number of benzene rings is 3. The first kappa shape index (κ1) is 22.7. The van der Waals surface area contributed by atoms with Gasteiger partial charge in [-0.15, -0.1) is 0 Å². The van der Waals surface area contributed by atoms with Crippen LogP contribution in [-0.2, 0) is 0 Å². The predicted octanol–water partition coefficient (Wildman–Crippen LogP) is 3.50. The van der Waals surface area contributed by atoms with Gasteiger partial charge in [0.25, 0.3) is 0 Å². The number of aromatic carboxylic acids is 4. The fourth-order valence-corrected chi connectivity index (χ4v) is 2.97. The van der Waals surface area contributed by atoms with E-state index >= 15 is 0 Å². The molecule has 0 aliphatic carbocycles. The molecule has 0 fully saturated rings. The van der Waals surface area contributed by atoms with Gasteiger partial charge in [0.05, 0.1) is 22.3 Å². The highest BCUT2D eigenvalue weighted by Gasteiger charge is 2.21. The van der Waals surface area contributed by atoms with Gasteiger partial charge in [0, 0.05) is 11.1 Å². The Morgan fingerprint density at radius 3 is 1.52 bits per heavy atom. The number of ether oxygens (including phenoxy) is 1. The topological polar surface area (TPSA) is 175 Å². The molecule has 166 valence electrons. The molecule has 0 amide bonds. The summed E-state index contributed by atoms with van der Waals surface area (Å²) in [4.78, 5) is 57.7. The van der Waals surface area contributed by atoms with E-state index in [2.05, 4.69) is 0 Å². The molecular weight excluding hydrogens is 436 g/mol. The molecule has 0 saturated carbocycles. The SMILES string of the molecule is O=C(O)c1ccc(C(=O)c2ccc(Oc3ccc(C(=O)O)c(C(=O)O)c3)cc2)c(C(=O)O)c1. The normalized spacial score (nSPS) is 10.3. The molecule has 3 aromatic rings. The van der Waals surface area contributed by atoms with Crippen LogP contribution in [0.3, 0.4) is 0 Å². The summed E-state index contributed by atoms with van der Waals surface area (Å²) in [7, 11) is 0. The van der Waals surface area contributed by atoms with Crippen molar-refractivity contribution in [2.45, 2.75) is 0 Å². The summed E-state index contributed by atoms with van der Waals surface area (Å²) in [6, 6.07) is 12.0. The van der Waals surface area contributed by atoms with Crippen molar-refractivity contribution in [2.75, 3.05) is 0 Å². The number of carbonyl (C=O) groups excluding carboxylic acids is 1. The molecule has 10 nitrogen and oxygen atoms in total. The first-order chi connectivity index (χ1) is 15.6. The molecule has 4 N–H and O–H groups in total. The van der Waals surface area contributed by atoms with Gasteiger partial charge in [0.1, 0.15) is 11.5 Å². The standard InChI is InChI=1S/C23H14O10/c24-19(15-7-3-12(20(25)26)9-17(15)22(29)30)11-1-4-13(5-2-11)33-14-6-8-16(21(27)28)18(10-14)23(31)32/h1-10H,(H,25,26)(H,27,28)(H,29,30)(H,31,32). The Bertz CT molecular complexity index is 1310. The van der Waals surface area contributed by atoms with Crippen molar-refractivity contribution in [3.63, 3.8) is 0 Å². The number of ketones is 1. The minimum atomic E-state index is -1.46. The first-order valence-electron chi connectivity index (χ1n) is 9.12. The first-order valence-corrected chi connectivity index (χ1v) is 9.12. The number of carboxylic acids is 4. The van der Waals surface area contributed by atoms with Crippen LogP contribution in [0.5, 0.6) is 11.5 Å². The Balaban J connectivity index is 1.87. The van der Waals surface area contributed by atoms with Crippen LogP contribution in [0.1, 0.15) is 57.4 Å². The largest absolute Gasteiger partial charge is 0.478 e. The summed E-state index contributed by atoms with van der Waals surface area (Å²) in [5.74, 6) is -6.05. The van der Waals surface area contributed by atoms with Gasteiger partial charge in [-0.2, -0.15) is 0 Å². The van der Waals surface area contributed by atoms with Gasteiger partial charge in [-0.1, -0.05) is 0 Å². The molecule has 0 aliphatic heterocycles. The summed E-state index contributed by atoms with van der Waals surface area (Å²) in [6.07, 6.45) is 0. The van der Waals surface area contributed by atoms with E-state index in [-0.39, 0.29) is 28.2 Å². The second-order valence-electron chi connectivity index (χ2n) is 6.64. The Labute approximate surface area is 184 Å². The second-order valence-corrected chi connectivity index (χ2v) is 6.64. The van der Waals surface area contributed by atoms with Crippen molar-refractivity contribution in [1.82, 2.24) is 0 Å². The molecule has 0 saturated heterocycles. The van der Waals surface area contributed by atoms with Crippen LogP contribution < -0.4 is 4.74 Å². The average molecular weight is 450 g/mol. The van der Waals surface area contributed by atoms with Gasteiger partial charge in [-0.3, -0.25) is 4.79 Å². The van der Waals surface area contributed by atoms with Crippen LogP contribution in [0.2, 0.25) is 0 Å². The van der Waals surface area contributed by atoms with Gasteiger partial charge >= 0.3 is 23.9 Å². The van der Waals surface area contributed by atoms with Crippen molar-refractivity contribution in [3.8, 4) is 11.5 Å². The van der Waals surface area contributed by atoms with Crippen LogP contribution >= 0.6 is 0 Å². The molecular formula is C23H14O10. The molecule has 0 heterocycles. The van der Waals surface area contributed by atoms with E-state index in [9.17, 15) is 34.2 Å². The van der Waals surface area contributed by atoms with Crippen molar-refractivity contribution in [2.24, 2.45) is 0 Å². The number of carbonyl (C=O) groups is 5. The third-order valence-corrected chi connectivity index (χ3v) is 4.55. The molecule has 0 aromatic heterocycles. The average Bonchev–Trinajstić information content (AvgIpc) is 2.78. The number of hydrogen-bond acceptors (Lipinski definition) is 6. The molecule has 0 spiro atoms. The summed E-state index contributed by atoms with van der Waals surface area (Å²) in [5.41, 5.74) is -1.70. The lowest BCUT2D eigenvalue weighted by Crippen LogP contribution is -2.11. The maximum atomic E-state index is 12.8. The molecule has 10 heteroatoms. The lowest BCUT2D eigenvalue weighted by Gasteiger charge is -2.10. The molecule has 0 atom stereocenters. The minimum absolute atomic E-state index is 0.0499. The molecule has 3 rings (SSSR count). The molecule has 3 aromatic carbocycles. The third kappa shape index (κ3) is 4.85. The number of carboxylic acid groups (broad SMARTS) is 4. The van der Waals surface area contributed by atoms with Crippen LogP contribution in [0.15, 0.2) is 60.7 Å². The fraction of sp³-hybridized carbons (Fsp3) is 0. The van der Waals surface area contributed by atoms with E-state index in [1.807, 2.05) is 0 Å². The zero-order valence-corrected chi connectivity index (χ0v) is 16.5. The summed E-state index contributed by atoms with van der Waals surface area (Å²) < 4.78 is 5.52. The smallest absolute Gasteiger partial charge is 0.336 e. The monoisotopic (exact) mass is 450 g/mol. The highest BCUT2D eigenvalue weighted by molar-refractivity contribution is 6.14. The Kier molecular flexibility index (Phi) is 6.20. The van der Waals surface area contributed by atoms with Gasteiger partial charge in [0.15, 0.2) is 5.78 Å². The zero-order valence-electron chi connectivity index (χ0n) is 16.5. The molecule has 33 heavy (non-hydrogen) atoms. The maximum absolute atomic E-state index is 12.8. The van der Waals surface area contributed by atoms with E-state index in [1.165, 1.54) is 30.3 Å². The Hall–Kier alpha value is -4.99. The van der Waals surface area contributed by atoms with E-state index in [4.69, 9.17) is 14.9 Å².